The second-order valence-corrected chi connectivity index (χ2v) is 10.5. The molecule has 9 heteroatoms. The van der Waals surface area contributed by atoms with Gasteiger partial charge in [0.15, 0.2) is 5.78 Å². The lowest BCUT2D eigenvalue weighted by atomic mass is 9.78. The summed E-state index contributed by atoms with van der Waals surface area (Å²) in [5, 5.41) is 2.95. The van der Waals surface area contributed by atoms with Crippen LogP contribution in [0.5, 0.6) is 0 Å². The van der Waals surface area contributed by atoms with E-state index in [9.17, 15) is 22.8 Å². The van der Waals surface area contributed by atoms with Gasteiger partial charge >= 0.3 is 6.18 Å². The van der Waals surface area contributed by atoms with Gasteiger partial charge in [-0.05, 0) is 37.1 Å². The number of ketones is 1. The number of piperidine rings is 1. The number of hydrogen-bond acceptors (Lipinski definition) is 5. The summed E-state index contributed by atoms with van der Waals surface area (Å²) in [6.45, 7) is 14.0. The van der Waals surface area contributed by atoms with Gasteiger partial charge in [0, 0.05) is 37.2 Å². The van der Waals surface area contributed by atoms with Gasteiger partial charge in [0.2, 0.25) is 0 Å². The summed E-state index contributed by atoms with van der Waals surface area (Å²) < 4.78 is 38.6. The fraction of sp³-hybridized carbons (Fsp3) is 0.516. The van der Waals surface area contributed by atoms with Crippen LogP contribution < -0.4 is 11.1 Å². The number of likely N-dealkylation sites (tertiary alicyclic amines) is 1. The summed E-state index contributed by atoms with van der Waals surface area (Å²) in [4.78, 5) is 31.8. The minimum Gasteiger partial charge on any atom is -0.396 e. The fourth-order valence-corrected chi connectivity index (χ4v) is 3.91. The Morgan fingerprint density at radius 3 is 2.10 bits per heavy atom. The summed E-state index contributed by atoms with van der Waals surface area (Å²) in [5.41, 5.74) is 7.93. The third kappa shape index (κ3) is 9.99. The molecule has 0 aliphatic carbocycles. The quantitative estimate of drug-likeness (QED) is 0.277. The average Bonchev–Trinajstić information content (AvgIpc) is 2.90. The molecular weight excluding hydrogens is 517 g/mol. The molecule has 1 aromatic rings. The molecule has 222 valence electrons. The zero-order chi connectivity index (χ0) is 30.7. The Balaban J connectivity index is 0.00000187. The molecule has 6 nitrogen and oxygen atoms in total. The highest BCUT2D eigenvalue weighted by atomic mass is 19.4. The maximum absolute atomic E-state index is 13.3. The Kier molecular flexibility index (Phi) is 13.4. The van der Waals surface area contributed by atoms with Crippen LogP contribution in [0, 0.1) is 5.41 Å². The first-order valence-corrected chi connectivity index (χ1v) is 13.7. The molecule has 1 saturated heterocycles. The normalized spacial score (nSPS) is 18.2. The van der Waals surface area contributed by atoms with Crippen LogP contribution >= 0.6 is 0 Å². The molecule has 0 saturated carbocycles. The number of aliphatic imine (C=N–C) groups is 1. The van der Waals surface area contributed by atoms with Crippen molar-refractivity contribution in [1.29, 1.82) is 0 Å². The Hall–Kier alpha value is -3.36. The topological polar surface area (TPSA) is 87.8 Å². The number of likely N-dealkylation sites (N-methyl/N-ethyl adjacent to an activating group) is 1. The summed E-state index contributed by atoms with van der Waals surface area (Å²) in [6.07, 6.45) is 2.71. The summed E-state index contributed by atoms with van der Waals surface area (Å²) in [6, 6.07) is 4.80. The van der Waals surface area contributed by atoms with E-state index < -0.39 is 17.2 Å². The fourth-order valence-electron chi connectivity index (χ4n) is 3.91. The van der Waals surface area contributed by atoms with Crippen LogP contribution in [0.3, 0.4) is 0 Å². The average molecular weight is 563 g/mol. The lowest BCUT2D eigenvalue weighted by Gasteiger charge is -2.41. The highest BCUT2D eigenvalue weighted by Gasteiger charge is 2.39. The molecule has 3 N–H and O–H groups in total. The molecule has 40 heavy (non-hydrogen) atoms. The Morgan fingerprint density at radius 1 is 1.07 bits per heavy atom. The van der Waals surface area contributed by atoms with E-state index in [1.807, 2.05) is 33.8 Å². The first kappa shape index (κ1) is 34.7. The van der Waals surface area contributed by atoms with Crippen LogP contribution in [0.15, 0.2) is 64.0 Å². The Labute approximate surface area is 237 Å². The van der Waals surface area contributed by atoms with Crippen molar-refractivity contribution in [1.82, 2.24) is 10.2 Å². The summed E-state index contributed by atoms with van der Waals surface area (Å²) >= 11 is 0. The monoisotopic (exact) mass is 562 g/mol. The molecule has 1 fully saturated rings. The van der Waals surface area contributed by atoms with Crippen LogP contribution in [-0.2, 0) is 22.3 Å². The molecule has 1 aliphatic heterocycles. The Bertz CT molecular complexity index is 1140. The number of carbonyl (C=O) groups excluding carboxylic acids is 2. The molecule has 0 bridgehead atoms. The number of Topliss-reactive ketones (excluding diaryl/α,β-unsaturated/α-hetero) is 1. The van der Waals surface area contributed by atoms with Gasteiger partial charge in [-0.1, -0.05) is 71.2 Å². The number of amides is 1. The number of allylic oxidation sites excluding steroid dienone is 4. The van der Waals surface area contributed by atoms with Gasteiger partial charge in [0.1, 0.15) is 0 Å². The molecule has 0 radical (unpaired) electrons. The van der Waals surface area contributed by atoms with Crippen molar-refractivity contribution in [2.45, 2.75) is 80.4 Å². The third-order valence-electron chi connectivity index (χ3n) is 6.65. The minimum atomic E-state index is -4.41. The number of alkyl halides is 3. The maximum atomic E-state index is 13.3. The van der Waals surface area contributed by atoms with Crippen molar-refractivity contribution in [3.05, 3.63) is 70.1 Å². The zero-order valence-electron chi connectivity index (χ0n) is 25.1. The van der Waals surface area contributed by atoms with Gasteiger partial charge in [0.05, 0.1) is 30.0 Å². The van der Waals surface area contributed by atoms with E-state index in [0.717, 1.165) is 24.1 Å². The zero-order valence-corrected chi connectivity index (χ0v) is 25.1. The van der Waals surface area contributed by atoms with Crippen molar-refractivity contribution in [2.24, 2.45) is 16.1 Å². The van der Waals surface area contributed by atoms with Crippen molar-refractivity contribution in [2.75, 3.05) is 20.1 Å². The van der Waals surface area contributed by atoms with Crippen LogP contribution in [0.4, 0.5) is 13.2 Å². The van der Waals surface area contributed by atoms with Gasteiger partial charge < -0.3 is 16.0 Å². The molecule has 0 aromatic heterocycles. The number of halogens is 3. The predicted molar refractivity (Wildman–Crippen MR) is 157 cm³/mol. The lowest BCUT2D eigenvalue weighted by Crippen LogP contribution is -2.52. The lowest BCUT2D eigenvalue weighted by molar-refractivity contribution is -0.137. The number of carbonyl (C=O) groups is 2. The highest BCUT2D eigenvalue weighted by molar-refractivity contribution is 6.12. The van der Waals surface area contributed by atoms with Gasteiger partial charge in [-0.3, -0.25) is 14.6 Å². The van der Waals surface area contributed by atoms with E-state index >= 15 is 0 Å². The summed E-state index contributed by atoms with van der Waals surface area (Å²) in [7, 11) is 1.67. The van der Waals surface area contributed by atoms with Crippen LogP contribution in [0.25, 0.3) is 0 Å². The summed E-state index contributed by atoms with van der Waals surface area (Å²) in [5.74, 6) is -0.579. The SMILES string of the molecule is CCC(C)=C/C=C(\NC)C(=O)N1C/C(=C(/N)C(C)=O)C(=NCc2ccc(C(F)(F)F)cc2)C(C)(C)C1.CCCC. The van der Waals surface area contributed by atoms with Crippen molar-refractivity contribution in [3.8, 4) is 0 Å². The largest absolute Gasteiger partial charge is 0.416 e. The van der Waals surface area contributed by atoms with Crippen LogP contribution in [0.1, 0.15) is 78.9 Å². The molecule has 0 unspecified atom stereocenters. The molecule has 1 aliphatic rings. The second kappa shape index (κ2) is 15.4. The van der Waals surface area contributed by atoms with E-state index in [-0.39, 0.29) is 30.5 Å². The Morgan fingerprint density at radius 2 is 1.65 bits per heavy atom. The van der Waals surface area contributed by atoms with Gasteiger partial charge in [-0.25, -0.2) is 0 Å². The van der Waals surface area contributed by atoms with E-state index in [2.05, 4.69) is 24.2 Å². The second-order valence-electron chi connectivity index (χ2n) is 10.5. The molecule has 2 rings (SSSR count). The van der Waals surface area contributed by atoms with Gasteiger partial charge in [0.25, 0.3) is 5.91 Å². The van der Waals surface area contributed by atoms with Crippen LogP contribution in [0.2, 0.25) is 0 Å². The van der Waals surface area contributed by atoms with E-state index in [1.54, 1.807) is 18.0 Å². The van der Waals surface area contributed by atoms with Crippen molar-refractivity contribution in [3.63, 3.8) is 0 Å². The first-order valence-electron chi connectivity index (χ1n) is 13.7. The van der Waals surface area contributed by atoms with Crippen molar-refractivity contribution >= 4 is 17.4 Å². The standard InChI is InChI=1S/C27H35F3N4O2.C4H10/c1-7-17(2)8-13-22(32-6)25(36)34-15-21(23(31)18(3)35)24(26(4,5)16-34)33-14-19-9-11-20(12-10-19)27(28,29)30;1-3-4-2/h8-13,32H,7,14-16,31H2,1-6H3;3-4H2,1-2H3/b17-8?,22-13-,23-21-,33-24?;. The molecule has 1 heterocycles. The number of unbranched alkanes of at least 4 members (excludes halogenated alkanes) is 1. The predicted octanol–water partition coefficient (Wildman–Crippen LogP) is 6.58. The van der Waals surface area contributed by atoms with E-state index in [0.29, 0.717) is 29.1 Å². The third-order valence-corrected chi connectivity index (χ3v) is 6.65. The van der Waals surface area contributed by atoms with E-state index in [4.69, 9.17) is 5.73 Å². The number of nitrogens with zero attached hydrogens (tertiary/aromatic N) is 2. The molecule has 1 aromatic carbocycles. The molecule has 0 spiro atoms. The van der Waals surface area contributed by atoms with Gasteiger partial charge in [-0.2, -0.15) is 13.2 Å². The number of hydrogen-bond donors (Lipinski definition) is 2. The maximum Gasteiger partial charge on any atom is 0.416 e. The minimum absolute atomic E-state index is 0.0171. The molecule has 0 atom stereocenters. The molecular formula is C31H45F3N4O2. The highest BCUT2D eigenvalue weighted by Crippen LogP contribution is 2.33. The molecule has 1 amide bonds. The van der Waals surface area contributed by atoms with E-state index in [1.165, 1.54) is 31.9 Å². The van der Waals surface area contributed by atoms with Gasteiger partial charge in [-0.15, -0.1) is 0 Å². The number of nitrogens with one attached hydrogen (secondary N) is 1. The number of rotatable bonds is 8. The van der Waals surface area contributed by atoms with Crippen LogP contribution in [-0.4, -0.2) is 42.4 Å². The smallest absolute Gasteiger partial charge is 0.396 e. The number of nitrogens with two attached hydrogens (primary N) is 1. The first-order chi connectivity index (χ1) is 18.6. The van der Waals surface area contributed by atoms with Crippen molar-refractivity contribution < 1.29 is 22.8 Å². The number of benzene rings is 1.